The van der Waals surface area contributed by atoms with Crippen molar-refractivity contribution in [1.82, 2.24) is 4.90 Å². The van der Waals surface area contributed by atoms with Crippen LogP contribution in [0.15, 0.2) is 0 Å². The first-order valence-corrected chi connectivity index (χ1v) is 15.1. The topological polar surface area (TPSA) is 34.7 Å². The first-order valence-electron chi connectivity index (χ1n) is 15.1. The van der Waals surface area contributed by atoms with Gasteiger partial charge in [-0.05, 0) is 44.8 Å². The average Bonchev–Trinajstić information content (AvgIpc) is 2.79. The van der Waals surface area contributed by atoms with Gasteiger partial charge in [0.1, 0.15) is 0 Å². The minimum absolute atomic E-state index is 0. The van der Waals surface area contributed by atoms with Gasteiger partial charge in [-0.1, -0.05) is 149 Å². The van der Waals surface area contributed by atoms with Crippen molar-refractivity contribution in [3.05, 3.63) is 0 Å². The summed E-state index contributed by atoms with van der Waals surface area (Å²) in [4.78, 5) is 2.66. The van der Waals surface area contributed by atoms with Crippen LogP contribution in [0.1, 0.15) is 168 Å². The largest absolute Gasteiger partial charge is 0.412 e. The molecule has 0 unspecified atom stereocenters. The first kappa shape index (κ1) is 31.9. The maximum absolute atomic E-state index is 2.66. The number of hydrogen-bond acceptors (Lipinski definition) is 1. The molecule has 194 valence electrons. The van der Waals surface area contributed by atoms with Crippen molar-refractivity contribution in [3.8, 4) is 0 Å². The summed E-state index contributed by atoms with van der Waals surface area (Å²) in [5, 5.41) is 0. The van der Waals surface area contributed by atoms with E-state index in [4.69, 9.17) is 0 Å². The van der Waals surface area contributed by atoms with E-state index in [1.165, 1.54) is 174 Å². The van der Waals surface area contributed by atoms with Gasteiger partial charge in [0.2, 0.25) is 0 Å². The maximum Gasteiger partial charge on any atom is -0.00187 e. The third-order valence-electron chi connectivity index (χ3n) is 7.64. The van der Waals surface area contributed by atoms with Gasteiger partial charge in [0.25, 0.3) is 0 Å². The zero-order chi connectivity index (χ0) is 22.2. The van der Waals surface area contributed by atoms with Crippen LogP contribution in [0.4, 0.5) is 0 Å². The van der Waals surface area contributed by atoms with Crippen molar-refractivity contribution in [3.63, 3.8) is 0 Å². The van der Waals surface area contributed by atoms with E-state index in [0.717, 1.165) is 5.92 Å². The van der Waals surface area contributed by atoms with Crippen molar-refractivity contribution in [2.24, 2.45) is 5.92 Å². The lowest BCUT2D eigenvalue weighted by molar-refractivity contribution is 0.267. The second-order valence-corrected chi connectivity index (χ2v) is 10.8. The predicted octanol–water partition coefficient (Wildman–Crippen LogP) is 9.50. The molecule has 0 saturated heterocycles. The molecule has 1 aliphatic rings. The Kier molecular flexibility index (Phi) is 25.5. The van der Waals surface area contributed by atoms with Crippen molar-refractivity contribution < 1.29 is 5.48 Å². The Morgan fingerprint density at radius 2 is 0.844 bits per heavy atom. The van der Waals surface area contributed by atoms with Gasteiger partial charge in [-0.3, -0.25) is 0 Å². The summed E-state index contributed by atoms with van der Waals surface area (Å²) in [5.74, 6) is 1.10. The molecule has 0 radical (unpaired) electrons. The Hall–Kier alpha value is -0.0800. The van der Waals surface area contributed by atoms with Crippen molar-refractivity contribution in [1.29, 1.82) is 0 Å². The molecule has 1 rings (SSSR count). The van der Waals surface area contributed by atoms with Gasteiger partial charge in [0, 0.05) is 0 Å². The van der Waals surface area contributed by atoms with E-state index in [1.807, 2.05) is 0 Å². The van der Waals surface area contributed by atoms with Gasteiger partial charge in [0.05, 0.1) is 0 Å². The lowest BCUT2D eigenvalue weighted by Crippen LogP contribution is -2.26. The van der Waals surface area contributed by atoms with E-state index >= 15 is 0 Å². The van der Waals surface area contributed by atoms with Crippen LogP contribution < -0.4 is 0 Å². The Labute approximate surface area is 204 Å². The molecule has 0 heterocycles. The number of unbranched alkanes of at least 4 members (excludes halogenated alkanes) is 15. The fraction of sp³-hybridized carbons (Fsp3) is 1.00. The van der Waals surface area contributed by atoms with E-state index in [9.17, 15) is 0 Å². The molecule has 0 aliphatic heterocycles. The normalized spacial score (nSPS) is 14.7. The van der Waals surface area contributed by atoms with Gasteiger partial charge in [-0.25, -0.2) is 0 Å². The molecule has 2 heteroatoms. The zero-order valence-corrected chi connectivity index (χ0v) is 22.6. The minimum Gasteiger partial charge on any atom is -0.412 e. The van der Waals surface area contributed by atoms with Crippen molar-refractivity contribution in [2.45, 2.75) is 168 Å². The van der Waals surface area contributed by atoms with Crippen LogP contribution in [0.25, 0.3) is 0 Å². The number of nitrogens with zero attached hydrogens (tertiary/aromatic N) is 1. The highest BCUT2D eigenvalue weighted by atomic mass is 16.0. The Balaban J connectivity index is 0.00000961. The monoisotopic (exact) mass is 453 g/mol. The Morgan fingerprint density at radius 3 is 1.25 bits per heavy atom. The second kappa shape index (κ2) is 25.5. The summed E-state index contributed by atoms with van der Waals surface area (Å²) < 4.78 is 0. The zero-order valence-electron chi connectivity index (χ0n) is 22.6. The lowest BCUT2D eigenvalue weighted by atomic mass is 9.85. The average molecular weight is 454 g/mol. The van der Waals surface area contributed by atoms with E-state index in [-0.39, 0.29) is 5.48 Å². The molecule has 32 heavy (non-hydrogen) atoms. The standard InChI is InChI=1S/C30H61N.H2O/c1-3-27-31(28-4-2)29-23-18-16-14-12-10-8-6-5-7-9-11-13-15-17-20-24-30-25-21-19-22-26-30;/h30H,3-29H2,1-2H3;1H2. The summed E-state index contributed by atoms with van der Waals surface area (Å²) in [6.45, 7) is 8.55. The highest BCUT2D eigenvalue weighted by molar-refractivity contribution is 4.65. The predicted molar refractivity (Wildman–Crippen MR) is 146 cm³/mol. The molecule has 1 saturated carbocycles. The third kappa shape index (κ3) is 20.5. The maximum atomic E-state index is 2.66. The van der Waals surface area contributed by atoms with Crippen LogP contribution in [0.3, 0.4) is 0 Å². The summed E-state index contributed by atoms with van der Waals surface area (Å²) in [5.41, 5.74) is 0. The quantitative estimate of drug-likeness (QED) is 0.142. The SMILES string of the molecule is CCCN(CCC)CCCCCCCCCCCCCCCCCCC1CCCCC1.O. The summed E-state index contributed by atoms with van der Waals surface area (Å²) >= 11 is 0. The van der Waals surface area contributed by atoms with Crippen LogP contribution >= 0.6 is 0 Å². The van der Waals surface area contributed by atoms with E-state index in [0.29, 0.717) is 0 Å². The summed E-state index contributed by atoms with van der Waals surface area (Å²) in [7, 11) is 0. The van der Waals surface area contributed by atoms with Crippen LogP contribution in [0.5, 0.6) is 0 Å². The van der Waals surface area contributed by atoms with Gasteiger partial charge >= 0.3 is 0 Å². The minimum atomic E-state index is 0. The Morgan fingerprint density at radius 1 is 0.469 bits per heavy atom. The molecule has 0 bridgehead atoms. The highest BCUT2D eigenvalue weighted by Crippen LogP contribution is 2.28. The molecule has 2 N–H and O–H groups in total. The molecule has 1 fully saturated rings. The van der Waals surface area contributed by atoms with Crippen molar-refractivity contribution >= 4 is 0 Å². The fourth-order valence-electron chi connectivity index (χ4n) is 5.69. The second-order valence-electron chi connectivity index (χ2n) is 10.8. The molecule has 2 nitrogen and oxygen atoms in total. The van der Waals surface area contributed by atoms with Crippen molar-refractivity contribution in [2.75, 3.05) is 19.6 Å². The van der Waals surface area contributed by atoms with Gasteiger partial charge < -0.3 is 10.4 Å². The third-order valence-corrected chi connectivity index (χ3v) is 7.64. The van der Waals surface area contributed by atoms with E-state index < -0.39 is 0 Å². The van der Waals surface area contributed by atoms with E-state index in [1.54, 1.807) is 0 Å². The molecular weight excluding hydrogens is 390 g/mol. The van der Waals surface area contributed by atoms with Crippen LogP contribution in [0, 0.1) is 5.92 Å². The summed E-state index contributed by atoms with van der Waals surface area (Å²) in [6.07, 6.45) is 35.5. The van der Waals surface area contributed by atoms with Gasteiger partial charge in [0.15, 0.2) is 0 Å². The van der Waals surface area contributed by atoms with E-state index in [2.05, 4.69) is 18.7 Å². The number of rotatable bonds is 23. The smallest absolute Gasteiger partial charge is 0.00187 e. The molecule has 0 aromatic rings. The molecule has 1 aliphatic carbocycles. The number of hydrogen-bond donors (Lipinski definition) is 0. The summed E-state index contributed by atoms with van der Waals surface area (Å²) in [6, 6.07) is 0. The molecule has 0 aromatic heterocycles. The first-order chi connectivity index (χ1) is 15.4. The highest BCUT2D eigenvalue weighted by Gasteiger charge is 2.12. The van der Waals surface area contributed by atoms with Crippen LogP contribution in [-0.2, 0) is 0 Å². The molecular formula is C30H63NO. The molecule has 0 aromatic carbocycles. The molecule has 0 amide bonds. The van der Waals surface area contributed by atoms with Gasteiger partial charge in [-0.2, -0.15) is 0 Å². The fourth-order valence-corrected chi connectivity index (χ4v) is 5.69. The van der Waals surface area contributed by atoms with Crippen LogP contribution in [-0.4, -0.2) is 30.0 Å². The van der Waals surface area contributed by atoms with Crippen LogP contribution in [0.2, 0.25) is 0 Å². The molecule has 0 spiro atoms. The lowest BCUT2D eigenvalue weighted by Gasteiger charge is -2.21. The van der Waals surface area contributed by atoms with Gasteiger partial charge in [-0.15, -0.1) is 0 Å². The molecule has 0 atom stereocenters. The Bertz CT molecular complexity index is 334.